The molecule has 0 amide bonds. The van der Waals surface area contributed by atoms with Crippen molar-refractivity contribution in [2.45, 2.75) is 51.1 Å². The maximum absolute atomic E-state index is 12.0. The first kappa shape index (κ1) is 14.8. The molecule has 1 aliphatic heterocycles. The predicted octanol–water partition coefficient (Wildman–Crippen LogP) is 1.65. The highest BCUT2D eigenvalue weighted by atomic mass is 16.5. The summed E-state index contributed by atoms with van der Waals surface area (Å²) in [5.41, 5.74) is -0.453. The highest BCUT2D eigenvalue weighted by molar-refractivity contribution is 5.81. The molecule has 0 aromatic heterocycles. The van der Waals surface area contributed by atoms with Crippen LogP contribution in [0.15, 0.2) is 0 Å². The molecule has 19 heavy (non-hydrogen) atoms. The number of nitrogens with one attached hydrogen (secondary N) is 1. The Bertz CT molecular complexity index is 334. The van der Waals surface area contributed by atoms with Gasteiger partial charge in [-0.15, -0.1) is 0 Å². The quantitative estimate of drug-likeness (QED) is 0.790. The lowest BCUT2D eigenvalue weighted by atomic mass is 9.87. The molecule has 1 aliphatic carbocycles. The smallest absolute Gasteiger partial charge is 0.326 e. The van der Waals surface area contributed by atoms with Crippen molar-refractivity contribution in [1.82, 2.24) is 10.2 Å². The van der Waals surface area contributed by atoms with Gasteiger partial charge < -0.3 is 15.0 Å². The standard InChI is InChI=1S/C15H28N2O2/c1-11-6-8-17(10-12(11)2)13-5-7-15(9-13,16-3)14(18)19-4/h11-13,16H,5-10H2,1-4H3. The van der Waals surface area contributed by atoms with E-state index < -0.39 is 5.54 Å². The summed E-state index contributed by atoms with van der Waals surface area (Å²) in [6, 6.07) is 0.529. The van der Waals surface area contributed by atoms with Crippen molar-refractivity contribution in [3.63, 3.8) is 0 Å². The predicted molar refractivity (Wildman–Crippen MR) is 76.0 cm³/mol. The number of nitrogens with zero attached hydrogens (tertiary/aromatic N) is 1. The molecular formula is C15H28N2O2. The average Bonchev–Trinajstić information content (AvgIpc) is 2.86. The lowest BCUT2D eigenvalue weighted by molar-refractivity contribution is -0.148. The summed E-state index contributed by atoms with van der Waals surface area (Å²) in [5, 5.41) is 3.22. The van der Waals surface area contributed by atoms with Crippen LogP contribution in [0.25, 0.3) is 0 Å². The van der Waals surface area contributed by atoms with Crippen molar-refractivity contribution in [3.8, 4) is 0 Å². The van der Waals surface area contributed by atoms with Gasteiger partial charge in [0.05, 0.1) is 7.11 Å². The zero-order valence-corrected chi connectivity index (χ0v) is 12.7. The van der Waals surface area contributed by atoms with E-state index in [4.69, 9.17) is 4.74 Å². The van der Waals surface area contributed by atoms with Crippen LogP contribution in [0.1, 0.15) is 39.5 Å². The first-order valence-electron chi connectivity index (χ1n) is 7.54. The molecule has 1 heterocycles. The van der Waals surface area contributed by atoms with Crippen molar-refractivity contribution in [2.75, 3.05) is 27.2 Å². The SMILES string of the molecule is CNC1(C(=O)OC)CCC(N2CCC(C)C(C)C2)C1. The number of carbonyl (C=O) groups excluding carboxylic acids is 1. The molecule has 4 nitrogen and oxygen atoms in total. The molecule has 2 rings (SSSR count). The minimum Gasteiger partial charge on any atom is -0.468 e. The van der Waals surface area contributed by atoms with Crippen LogP contribution in [0.2, 0.25) is 0 Å². The molecule has 4 atom stereocenters. The minimum absolute atomic E-state index is 0.101. The van der Waals surface area contributed by atoms with Crippen LogP contribution < -0.4 is 5.32 Å². The Morgan fingerprint density at radius 2 is 2.05 bits per heavy atom. The van der Waals surface area contributed by atoms with Crippen molar-refractivity contribution in [2.24, 2.45) is 11.8 Å². The van der Waals surface area contributed by atoms with Crippen LogP contribution in [0, 0.1) is 11.8 Å². The summed E-state index contributed by atoms with van der Waals surface area (Å²) < 4.78 is 4.98. The number of esters is 1. The van der Waals surface area contributed by atoms with E-state index >= 15 is 0 Å². The van der Waals surface area contributed by atoms with Crippen molar-refractivity contribution in [1.29, 1.82) is 0 Å². The van der Waals surface area contributed by atoms with E-state index in [9.17, 15) is 4.79 Å². The van der Waals surface area contributed by atoms with E-state index in [0.717, 1.165) is 31.1 Å². The van der Waals surface area contributed by atoms with Gasteiger partial charge in [0.2, 0.25) is 0 Å². The highest BCUT2D eigenvalue weighted by Gasteiger charge is 2.47. The van der Waals surface area contributed by atoms with Gasteiger partial charge in [0.15, 0.2) is 0 Å². The zero-order valence-electron chi connectivity index (χ0n) is 12.7. The third kappa shape index (κ3) is 2.79. The zero-order chi connectivity index (χ0) is 14.0. The summed E-state index contributed by atoms with van der Waals surface area (Å²) in [6.45, 7) is 7.05. The van der Waals surface area contributed by atoms with Crippen LogP contribution in [0.5, 0.6) is 0 Å². The number of carbonyl (C=O) groups is 1. The number of hydrogen-bond donors (Lipinski definition) is 1. The van der Waals surface area contributed by atoms with E-state index in [-0.39, 0.29) is 5.97 Å². The minimum atomic E-state index is -0.453. The summed E-state index contributed by atoms with van der Waals surface area (Å²) in [5.74, 6) is 1.49. The lowest BCUT2D eigenvalue weighted by Gasteiger charge is -2.39. The molecule has 0 aromatic carbocycles. The van der Waals surface area contributed by atoms with Crippen molar-refractivity contribution >= 4 is 5.97 Å². The summed E-state index contributed by atoms with van der Waals surface area (Å²) in [7, 11) is 3.36. The van der Waals surface area contributed by atoms with Crippen LogP contribution in [0.3, 0.4) is 0 Å². The Balaban J connectivity index is 1.99. The van der Waals surface area contributed by atoms with Gasteiger partial charge in [-0.3, -0.25) is 4.79 Å². The van der Waals surface area contributed by atoms with Gasteiger partial charge in [-0.1, -0.05) is 13.8 Å². The van der Waals surface area contributed by atoms with E-state index in [1.165, 1.54) is 26.6 Å². The van der Waals surface area contributed by atoms with Gasteiger partial charge in [-0.2, -0.15) is 0 Å². The van der Waals surface area contributed by atoms with E-state index in [1.807, 2.05) is 7.05 Å². The fourth-order valence-corrected chi connectivity index (χ4v) is 3.67. The fraction of sp³-hybridized carbons (Fsp3) is 0.933. The Kier molecular flexibility index (Phi) is 4.51. The van der Waals surface area contributed by atoms with Crippen molar-refractivity contribution < 1.29 is 9.53 Å². The molecule has 4 heteroatoms. The van der Waals surface area contributed by atoms with E-state index in [2.05, 4.69) is 24.1 Å². The monoisotopic (exact) mass is 268 g/mol. The summed E-state index contributed by atoms with van der Waals surface area (Å²) in [6.07, 6.45) is 4.15. The molecule has 1 saturated heterocycles. The molecule has 110 valence electrons. The second-order valence-electron chi connectivity index (χ2n) is 6.46. The largest absolute Gasteiger partial charge is 0.468 e. The number of hydrogen-bond acceptors (Lipinski definition) is 4. The fourth-order valence-electron chi connectivity index (χ4n) is 3.67. The van der Waals surface area contributed by atoms with Gasteiger partial charge >= 0.3 is 5.97 Å². The van der Waals surface area contributed by atoms with Crippen LogP contribution in [-0.4, -0.2) is 49.7 Å². The van der Waals surface area contributed by atoms with E-state index in [1.54, 1.807) is 0 Å². The third-order valence-corrected chi connectivity index (χ3v) is 5.43. The van der Waals surface area contributed by atoms with Gasteiger partial charge in [0.1, 0.15) is 5.54 Å². The molecule has 1 N–H and O–H groups in total. The number of piperidine rings is 1. The molecular weight excluding hydrogens is 240 g/mol. The van der Waals surface area contributed by atoms with Gasteiger partial charge in [0.25, 0.3) is 0 Å². The maximum atomic E-state index is 12.0. The number of likely N-dealkylation sites (N-methyl/N-ethyl adjacent to an activating group) is 1. The van der Waals surface area contributed by atoms with Crippen LogP contribution >= 0.6 is 0 Å². The topological polar surface area (TPSA) is 41.6 Å². The molecule has 1 saturated carbocycles. The normalized spacial score (nSPS) is 40.3. The van der Waals surface area contributed by atoms with Gasteiger partial charge in [0, 0.05) is 12.6 Å². The maximum Gasteiger partial charge on any atom is 0.326 e. The Hall–Kier alpha value is -0.610. The molecule has 0 aromatic rings. The second-order valence-corrected chi connectivity index (χ2v) is 6.46. The number of ether oxygens (including phenoxy) is 1. The number of methoxy groups -OCH3 is 1. The third-order valence-electron chi connectivity index (χ3n) is 5.43. The molecule has 0 radical (unpaired) electrons. The molecule has 0 spiro atoms. The first-order chi connectivity index (χ1) is 9.02. The Labute approximate surface area is 116 Å². The molecule has 2 fully saturated rings. The Morgan fingerprint density at radius 1 is 1.32 bits per heavy atom. The van der Waals surface area contributed by atoms with Crippen LogP contribution in [0.4, 0.5) is 0 Å². The lowest BCUT2D eigenvalue weighted by Crippen LogP contribution is -2.51. The number of rotatable bonds is 3. The highest BCUT2D eigenvalue weighted by Crippen LogP contribution is 2.36. The van der Waals surface area contributed by atoms with Crippen molar-refractivity contribution in [3.05, 3.63) is 0 Å². The van der Waals surface area contributed by atoms with Gasteiger partial charge in [-0.25, -0.2) is 0 Å². The summed E-state index contributed by atoms with van der Waals surface area (Å²) in [4.78, 5) is 14.6. The molecule has 0 bridgehead atoms. The number of likely N-dealkylation sites (tertiary alicyclic amines) is 1. The first-order valence-corrected chi connectivity index (χ1v) is 7.54. The van der Waals surface area contributed by atoms with E-state index in [0.29, 0.717) is 6.04 Å². The van der Waals surface area contributed by atoms with Gasteiger partial charge in [-0.05, 0) is 51.1 Å². The Morgan fingerprint density at radius 3 is 2.63 bits per heavy atom. The molecule has 2 aliphatic rings. The second kappa shape index (κ2) is 5.80. The average molecular weight is 268 g/mol. The molecule has 4 unspecified atom stereocenters. The summed E-state index contributed by atoms with van der Waals surface area (Å²) >= 11 is 0. The van der Waals surface area contributed by atoms with Crippen LogP contribution in [-0.2, 0) is 9.53 Å².